The van der Waals surface area contributed by atoms with E-state index < -0.39 is 0 Å². The fourth-order valence-corrected chi connectivity index (χ4v) is 4.31. The van der Waals surface area contributed by atoms with Gasteiger partial charge in [0.1, 0.15) is 0 Å². The quantitative estimate of drug-likeness (QED) is 0.145. The van der Waals surface area contributed by atoms with Crippen molar-refractivity contribution in [2.24, 2.45) is 4.99 Å². The Morgan fingerprint density at radius 2 is 1.51 bits per heavy atom. The summed E-state index contributed by atoms with van der Waals surface area (Å²) >= 11 is 12.3. The molecule has 1 heterocycles. The van der Waals surface area contributed by atoms with Crippen LogP contribution in [0.15, 0.2) is 89.9 Å². The van der Waals surface area contributed by atoms with E-state index in [9.17, 15) is 0 Å². The van der Waals surface area contributed by atoms with Crippen molar-refractivity contribution in [1.29, 1.82) is 0 Å². The molecule has 176 valence electrons. The second-order valence-electron chi connectivity index (χ2n) is 8.37. The van der Waals surface area contributed by atoms with Crippen LogP contribution in [0.4, 0.5) is 11.4 Å². The molecule has 0 aromatic heterocycles. The van der Waals surface area contributed by atoms with Gasteiger partial charge in [0.05, 0.1) is 27.8 Å². The molecule has 3 aromatic carbocycles. The summed E-state index contributed by atoms with van der Waals surface area (Å²) in [6, 6.07) is 27.8. The first-order chi connectivity index (χ1) is 16.4. The zero-order chi connectivity index (χ0) is 23.8. The minimum atomic E-state index is 0. The van der Waals surface area contributed by atoms with Gasteiger partial charge in [0.2, 0.25) is 0 Å². The second kappa shape index (κ2) is 10.5. The minimum Gasteiger partial charge on any atom is -0.495 e. The Kier molecular flexibility index (Phi) is 7.66. The molecule has 1 aliphatic carbocycles. The number of aromatic nitrogens is 2. The maximum absolute atomic E-state index is 6.18. The van der Waals surface area contributed by atoms with Gasteiger partial charge in [0, 0.05) is 54.2 Å². The Balaban J connectivity index is 0.00000289. The van der Waals surface area contributed by atoms with Gasteiger partial charge in [-0.3, -0.25) is 12.0 Å². The van der Waals surface area contributed by atoms with Gasteiger partial charge in [-0.2, -0.15) is 0 Å². The predicted octanol–water partition coefficient (Wildman–Crippen LogP) is 7.67. The Hall–Kier alpha value is -2.65. The van der Waals surface area contributed by atoms with Gasteiger partial charge >= 0.3 is 0 Å². The number of benzene rings is 4. The van der Waals surface area contributed by atoms with Crippen molar-refractivity contribution in [1.82, 2.24) is 9.55 Å². The second-order valence-corrected chi connectivity index (χ2v) is 9.24. The molecular weight excluding hydrogens is 647 g/mol. The van der Waals surface area contributed by atoms with Crippen molar-refractivity contribution in [3.63, 3.8) is 0 Å². The van der Waals surface area contributed by atoms with Gasteiger partial charge in [0.15, 0.2) is 0 Å². The molecule has 0 atom stereocenters. The van der Waals surface area contributed by atoms with Crippen LogP contribution in [0.3, 0.4) is 0 Å². The number of fused-ring (bicyclic) bond motifs is 2. The molecule has 0 bridgehead atoms. The first-order valence-electron chi connectivity index (χ1n) is 11.0. The van der Waals surface area contributed by atoms with Crippen LogP contribution in [-0.4, -0.2) is 15.6 Å². The Morgan fingerprint density at radius 1 is 0.886 bits per heavy atom. The van der Waals surface area contributed by atoms with Crippen LogP contribution in [-0.2, 0) is 21.1 Å². The summed E-state index contributed by atoms with van der Waals surface area (Å²) in [6.07, 6.45) is 0. The summed E-state index contributed by atoms with van der Waals surface area (Å²) < 4.78 is 2.20. The average Bonchev–Trinajstić information content (AvgIpc) is 2.83. The van der Waals surface area contributed by atoms with Gasteiger partial charge in [0.25, 0.3) is 0 Å². The molecule has 0 saturated heterocycles. The van der Waals surface area contributed by atoms with Crippen LogP contribution in [0.5, 0.6) is 0 Å². The fourth-order valence-electron chi connectivity index (χ4n) is 4.06. The van der Waals surface area contributed by atoms with E-state index in [0.717, 1.165) is 44.8 Å². The Bertz CT molecular complexity index is 1510. The molecule has 1 aliphatic heterocycles. The summed E-state index contributed by atoms with van der Waals surface area (Å²) in [4.78, 5) is 11.8. The van der Waals surface area contributed by atoms with Gasteiger partial charge in [-0.1, -0.05) is 35.3 Å². The zero-order valence-corrected chi connectivity index (χ0v) is 23.8. The van der Waals surface area contributed by atoms with Crippen molar-refractivity contribution in [2.75, 3.05) is 4.90 Å². The van der Waals surface area contributed by atoms with E-state index in [1.165, 1.54) is 0 Å². The first kappa shape index (κ1) is 25.4. The third kappa shape index (κ3) is 5.16. The molecule has 0 amide bonds. The SMILES string of the molecule is [CH2-]N(c1ccc(Cl)cc1)c1cc2nc3ccccc3n(-c3ccc(Cl)cc3)c-2cc1=NC(C)C.[W]. The molecule has 0 unspecified atom stereocenters. The molecule has 5 rings (SSSR count). The zero-order valence-electron chi connectivity index (χ0n) is 19.3. The van der Waals surface area contributed by atoms with Crippen LogP contribution in [0.25, 0.3) is 28.1 Å². The van der Waals surface area contributed by atoms with Crippen molar-refractivity contribution < 1.29 is 21.1 Å². The molecule has 0 saturated carbocycles. The maximum atomic E-state index is 6.18. The smallest absolute Gasteiger partial charge is 0.0899 e. The van der Waals surface area contributed by atoms with E-state index in [2.05, 4.69) is 43.7 Å². The number of halogens is 2. The van der Waals surface area contributed by atoms with Crippen LogP contribution in [0.2, 0.25) is 10.0 Å². The molecule has 0 fully saturated rings. The molecule has 0 N–H and O–H groups in total. The molecule has 35 heavy (non-hydrogen) atoms. The monoisotopic (exact) mass is 669 g/mol. The van der Waals surface area contributed by atoms with Crippen molar-refractivity contribution in [3.8, 4) is 17.1 Å². The number of para-hydroxylation sites is 2. The topological polar surface area (TPSA) is 33.4 Å². The number of anilines is 2. The van der Waals surface area contributed by atoms with E-state index in [0.29, 0.717) is 10.0 Å². The number of hydrogen-bond acceptors (Lipinski definition) is 3. The average molecular weight is 670 g/mol. The number of hydrogen-bond donors (Lipinski definition) is 0. The third-order valence-electron chi connectivity index (χ3n) is 5.59. The first-order valence-corrected chi connectivity index (χ1v) is 11.8. The molecule has 0 radical (unpaired) electrons. The van der Waals surface area contributed by atoms with Crippen LogP contribution >= 0.6 is 23.2 Å². The van der Waals surface area contributed by atoms with Gasteiger partial charge in [-0.25, -0.2) is 4.98 Å². The summed E-state index contributed by atoms with van der Waals surface area (Å²) in [7, 11) is 4.32. The van der Waals surface area contributed by atoms with E-state index in [1.54, 1.807) is 0 Å². The van der Waals surface area contributed by atoms with E-state index >= 15 is 0 Å². The Labute approximate surface area is 229 Å². The number of rotatable bonds is 4. The summed E-state index contributed by atoms with van der Waals surface area (Å²) in [5.41, 5.74) is 6.48. The van der Waals surface area contributed by atoms with E-state index in [1.807, 2.05) is 71.6 Å². The van der Waals surface area contributed by atoms with Gasteiger partial charge in [-0.15, -0.1) is 0 Å². The number of nitrogens with zero attached hydrogens (tertiary/aromatic N) is 4. The summed E-state index contributed by atoms with van der Waals surface area (Å²) in [5, 5.41) is 2.22. The van der Waals surface area contributed by atoms with Crippen molar-refractivity contribution in [3.05, 3.63) is 107 Å². The van der Waals surface area contributed by atoms with Crippen molar-refractivity contribution in [2.45, 2.75) is 19.9 Å². The van der Waals surface area contributed by atoms with E-state index in [-0.39, 0.29) is 27.1 Å². The molecule has 7 heteroatoms. The molecule has 2 aliphatic rings. The van der Waals surface area contributed by atoms with E-state index in [4.69, 9.17) is 33.2 Å². The third-order valence-corrected chi connectivity index (χ3v) is 6.09. The Morgan fingerprint density at radius 3 is 2.17 bits per heavy atom. The standard InChI is InChI=1S/C28H23Cl2N4.W/c1-18(2)31-24-17-28-25(16-27(24)33(3)21-12-8-19(29)9-13-21)32-23-6-4-5-7-26(23)34(28)22-14-10-20(30)11-15-22;/h4-18H,3H2,1-2H3;/q-1;. The van der Waals surface area contributed by atoms with Gasteiger partial charge in [-0.05, 0) is 86.6 Å². The fraction of sp³-hybridized carbons (Fsp3) is 0.107. The minimum absolute atomic E-state index is 0. The molecule has 4 nitrogen and oxygen atoms in total. The normalized spacial score (nSPS) is 11.8. The molecular formula is C28H23Cl2N4W-. The summed E-state index contributed by atoms with van der Waals surface area (Å²) in [6.45, 7) is 4.13. The van der Waals surface area contributed by atoms with Crippen LogP contribution in [0.1, 0.15) is 13.8 Å². The molecule has 0 spiro atoms. The summed E-state index contributed by atoms with van der Waals surface area (Å²) in [5.74, 6) is 0. The largest absolute Gasteiger partial charge is 0.495 e. The molecule has 3 aromatic rings. The van der Waals surface area contributed by atoms with Crippen LogP contribution < -0.4 is 10.3 Å². The predicted molar refractivity (Wildman–Crippen MR) is 142 cm³/mol. The van der Waals surface area contributed by atoms with Gasteiger partial charge < -0.3 is 9.47 Å². The van der Waals surface area contributed by atoms with Crippen LogP contribution in [0, 0.1) is 7.05 Å². The maximum Gasteiger partial charge on any atom is 0.0899 e. The van der Waals surface area contributed by atoms with Crippen molar-refractivity contribution >= 4 is 45.6 Å².